The van der Waals surface area contributed by atoms with E-state index in [1.807, 2.05) is 12.1 Å². The minimum atomic E-state index is 0.273. The van der Waals surface area contributed by atoms with Crippen LogP contribution in [0.1, 0.15) is 31.2 Å². The van der Waals surface area contributed by atoms with Gasteiger partial charge in [-0.3, -0.25) is 0 Å². The SMILES string of the molecule is N#Cc1ccc(NCCCCCCO)c(Cl)c1. The van der Waals surface area contributed by atoms with Gasteiger partial charge in [-0.05, 0) is 31.0 Å². The second-order valence-corrected chi connectivity index (χ2v) is 4.28. The van der Waals surface area contributed by atoms with Gasteiger partial charge in [-0.15, -0.1) is 0 Å². The van der Waals surface area contributed by atoms with Gasteiger partial charge in [0.1, 0.15) is 0 Å². The van der Waals surface area contributed by atoms with E-state index < -0.39 is 0 Å². The van der Waals surface area contributed by atoms with Crippen molar-refractivity contribution in [2.24, 2.45) is 0 Å². The molecule has 1 aromatic rings. The van der Waals surface area contributed by atoms with Gasteiger partial charge in [-0.25, -0.2) is 0 Å². The lowest BCUT2D eigenvalue weighted by Crippen LogP contribution is -2.02. The number of unbranched alkanes of at least 4 members (excludes halogenated alkanes) is 3. The zero-order chi connectivity index (χ0) is 12.5. The molecule has 1 aromatic carbocycles. The van der Waals surface area contributed by atoms with Crippen molar-refractivity contribution in [3.05, 3.63) is 28.8 Å². The summed E-state index contributed by atoms with van der Waals surface area (Å²) in [6.45, 7) is 1.13. The maximum atomic E-state index is 8.70. The number of benzene rings is 1. The third kappa shape index (κ3) is 5.08. The first kappa shape index (κ1) is 13.8. The summed E-state index contributed by atoms with van der Waals surface area (Å²) in [5, 5.41) is 21.1. The van der Waals surface area contributed by atoms with E-state index in [1.54, 1.807) is 12.1 Å². The standard InChI is InChI=1S/C13H17ClN2O/c14-12-9-11(10-15)5-6-13(12)16-7-3-1-2-4-8-17/h5-6,9,16-17H,1-4,7-8H2. The molecule has 0 aromatic heterocycles. The summed E-state index contributed by atoms with van der Waals surface area (Å²) >= 11 is 6.02. The number of nitriles is 1. The van der Waals surface area contributed by atoms with Gasteiger partial charge < -0.3 is 10.4 Å². The summed E-state index contributed by atoms with van der Waals surface area (Å²) in [5.41, 5.74) is 1.44. The number of hydrogen-bond acceptors (Lipinski definition) is 3. The van der Waals surface area contributed by atoms with Crippen LogP contribution < -0.4 is 5.32 Å². The smallest absolute Gasteiger partial charge is 0.0992 e. The van der Waals surface area contributed by atoms with Gasteiger partial charge in [0.25, 0.3) is 0 Å². The van der Waals surface area contributed by atoms with Crippen molar-refractivity contribution in [1.82, 2.24) is 0 Å². The molecule has 4 heteroatoms. The Bertz CT molecular complexity index is 387. The molecule has 0 heterocycles. The summed E-state index contributed by atoms with van der Waals surface area (Å²) < 4.78 is 0. The molecule has 0 radical (unpaired) electrons. The molecular formula is C13H17ClN2O. The average Bonchev–Trinajstić information content (AvgIpc) is 2.35. The molecule has 0 aliphatic carbocycles. The van der Waals surface area contributed by atoms with E-state index in [-0.39, 0.29) is 6.61 Å². The lowest BCUT2D eigenvalue weighted by molar-refractivity contribution is 0.283. The fourth-order valence-electron chi connectivity index (χ4n) is 1.54. The summed E-state index contributed by atoms with van der Waals surface area (Å²) in [7, 11) is 0. The summed E-state index contributed by atoms with van der Waals surface area (Å²) in [4.78, 5) is 0. The van der Waals surface area contributed by atoms with Crippen molar-refractivity contribution in [1.29, 1.82) is 5.26 Å². The lowest BCUT2D eigenvalue weighted by atomic mass is 10.2. The monoisotopic (exact) mass is 252 g/mol. The molecular weight excluding hydrogens is 236 g/mol. The third-order valence-electron chi connectivity index (χ3n) is 2.50. The molecule has 0 aliphatic rings. The highest BCUT2D eigenvalue weighted by molar-refractivity contribution is 6.33. The highest BCUT2D eigenvalue weighted by atomic mass is 35.5. The van der Waals surface area contributed by atoms with Crippen LogP contribution in [-0.4, -0.2) is 18.3 Å². The van der Waals surface area contributed by atoms with Crippen LogP contribution in [0.2, 0.25) is 5.02 Å². The van der Waals surface area contributed by atoms with E-state index in [0.717, 1.165) is 37.9 Å². The molecule has 3 nitrogen and oxygen atoms in total. The zero-order valence-corrected chi connectivity index (χ0v) is 10.5. The highest BCUT2D eigenvalue weighted by Gasteiger charge is 2.00. The van der Waals surface area contributed by atoms with Gasteiger partial charge in [-0.1, -0.05) is 24.4 Å². The van der Waals surface area contributed by atoms with Crippen LogP contribution in [0.3, 0.4) is 0 Å². The number of aliphatic hydroxyl groups is 1. The first-order valence-electron chi connectivity index (χ1n) is 5.82. The van der Waals surface area contributed by atoms with E-state index in [4.69, 9.17) is 22.0 Å². The second kappa shape index (κ2) is 7.94. The summed E-state index contributed by atoms with van der Waals surface area (Å²) in [6.07, 6.45) is 4.08. The first-order chi connectivity index (χ1) is 8.27. The van der Waals surface area contributed by atoms with Gasteiger partial charge in [0.05, 0.1) is 22.3 Å². The van der Waals surface area contributed by atoms with Crippen molar-refractivity contribution in [3.8, 4) is 6.07 Å². The van der Waals surface area contributed by atoms with Crippen molar-refractivity contribution < 1.29 is 5.11 Å². The fraction of sp³-hybridized carbons (Fsp3) is 0.462. The topological polar surface area (TPSA) is 56.0 Å². The molecule has 0 bridgehead atoms. The lowest BCUT2D eigenvalue weighted by Gasteiger charge is -2.08. The number of aliphatic hydroxyl groups excluding tert-OH is 1. The minimum absolute atomic E-state index is 0.273. The first-order valence-corrected chi connectivity index (χ1v) is 6.20. The van der Waals surface area contributed by atoms with Crippen molar-refractivity contribution in [3.63, 3.8) is 0 Å². The van der Waals surface area contributed by atoms with E-state index >= 15 is 0 Å². The fourth-order valence-corrected chi connectivity index (χ4v) is 1.79. The zero-order valence-electron chi connectivity index (χ0n) is 9.75. The Morgan fingerprint density at radius 2 is 2.00 bits per heavy atom. The third-order valence-corrected chi connectivity index (χ3v) is 2.81. The number of nitrogens with zero attached hydrogens (tertiary/aromatic N) is 1. The van der Waals surface area contributed by atoms with Crippen LogP contribution in [0, 0.1) is 11.3 Å². The molecule has 2 N–H and O–H groups in total. The van der Waals surface area contributed by atoms with Crippen LogP contribution in [0.5, 0.6) is 0 Å². The normalized spacial score (nSPS) is 9.94. The van der Waals surface area contributed by atoms with E-state index in [2.05, 4.69) is 5.32 Å². The van der Waals surface area contributed by atoms with E-state index in [9.17, 15) is 0 Å². The van der Waals surface area contributed by atoms with Crippen LogP contribution in [0.4, 0.5) is 5.69 Å². The molecule has 92 valence electrons. The predicted molar refractivity (Wildman–Crippen MR) is 70.2 cm³/mol. The van der Waals surface area contributed by atoms with Crippen molar-refractivity contribution in [2.45, 2.75) is 25.7 Å². The minimum Gasteiger partial charge on any atom is -0.396 e. The van der Waals surface area contributed by atoms with Crippen molar-refractivity contribution in [2.75, 3.05) is 18.5 Å². The van der Waals surface area contributed by atoms with Crippen LogP contribution in [0.15, 0.2) is 18.2 Å². The number of nitrogens with one attached hydrogen (secondary N) is 1. The van der Waals surface area contributed by atoms with Gasteiger partial charge in [0.15, 0.2) is 0 Å². The van der Waals surface area contributed by atoms with E-state index in [0.29, 0.717) is 10.6 Å². The molecule has 0 saturated heterocycles. The van der Waals surface area contributed by atoms with Gasteiger partial charge in [-0.2, -0.15) is 5.26 Å². The molecule has 0 fully saturated rings. The summed E-state index contributed by atoms with van der Waals surface area (Å²) in [5.74, 6) is 0. The average molecular weight is 253 g/mol. The Hall–Kier alpha value is -1.24. The predicted octanol–water partition coefficient (Wildman–Crippen LogP) is 3.18. The van der Waals surface area contributed by atoms with E-state index in [1.165, 1.54) is 0 Å². The maximum absolute atomic E-state index is 8.70. The molecule has 0 aliphatic heterocycles. The Kier molecular flexibility index (Phi) is 6.46. The maximum Gasteiger partial charge on any atom is 0.0992 e. The Labute approximate surface area is 107 Å². The Morgan fingerprint density at radius 1 is 1.24 bits per heavy atom. The number of anilines is 1. The molecule has 0 unspecified atom stereocenters. The largest absolute Gasteiger partial charge is 0.396 e. The van der Waals surface area contributed by atoms with Crippen molar-refractivity contribution >= 4 is 17.3 Å². The number of rotatable bonds is 7. The van der Waals surface area contributed by atoms with Crippen LogP contribution >= 0.6 is 11.6 Å². The molecule has 0 amide bonds. The highest BCUT2D eigenvalue weighted by Crippen LogP contribution is 2.22. The number of hydrogen-bond donors (Lipinski definition) is 2. The Morgan fingerprint density at radius 3 is 2.65 bits per heavy atom. The molecule has 0 saturated carbocycles. The molecule has 1 rings (SSSR count). The molecule has 0 spiro atoms. The van der Waals surface area contributed by atoms with Crippen LogP contribution in [-0.2, 0) is 0 Å². The van der Waals surface area contributed by atoms with Gasteiger partial charge in [0.2, 0.25) is 0 Å². The molecule has 17 heavy (non-hydrogen) atoms. The number of halogens is 1. The Balaban J connectivity index is 2.30. The van der Waals surface area contributed by atoms with Gasteiger partial charge >= 0.3 is 0 Å². The van der Waals surface area contributed by atoms with Gasteiger partial charge in [0, 0.05) is 13.2 Å². The molecule has 0 atom stereocenters. The quantitative estimate of drug-likeness (QED) is 0.733. The second-order valence-electron chi connectivity index (χ2n) is 3.87. The van der Waals surface area contributed by atoms with Crippen LogP contribution in [0.25, 0.3) is 0 Å². The summed E-state index contributed by atoms with van der Waals surface area (Å²) in [6, 6.07) is 7.29.